The van der Waals surface area contributed by atoms with Gasteiger partial charge >= 0.3 is 0 Å². The van der Waals surface area contributed by atoms with Crippen molar-refractivity contribution >= 4 is 34.8 Å². The zero-order chi connectivity index (χ0) is 17.6. The summed E-state index contributed by atoms with van der Waals surface area (Å²) in [6, 6.07) is 8.08. The Balaban J connectivity index is 1.57. The first-order valence-corrected chi connectivity index (χ1v) is 7.91. The van der Waals surface area contributed by atoms with Gasteiger partial charge in [0.15, 0.2) is 17.6 Å². The van der Waals surface area contributed by atoms with Gasteiger partial charge in [-0.05, 0) is 37.3 Å². The monoisotopic (exact) mass is 360 g/mol. The van der Waals surface area contributed by atoms with Gasteiger partial charge in [-0.15, -0.1) is 0 Å². The number of carbonyl (C=O) groups is 2. The van der Waals surface area contributed by atoms with Gasteiger partial charge in [0.1, 0.15) is 5.75 Å². The van der Waals surface area contributed by atoms with Crippen LogP contribution in [0.1, 0.15) is 17.3 Å². The van der Waals surface area contributed by atoms with Crippen LogP contribution < -0.4 is 24.8 Å². The molecule has 7 nitrogen and oxygen atoms in total. The molecule has 0 bridgehead atoms. The molecular weight excluding hydrogens is 348 g/mol. The first-order chi connectivity index (χ1) is 12.0. The normalized spacial score (nSPS) is 17.4. The SMILES string of the molecule is C[C@@H]1Oc2ccc(NC(=O)c3cc(Cl)c4c(c3)OCO4)cc2NC1=O. The van der Waals surface area contributed by atoms with Gasteiger partial charge in [-0.2, -0.15) is 0 Å². The molecule has 8 heteroatoms. The smallest absolute Gasteiger partial charge is 0.265 e. The van der Waals surface area contributed by atoms with Crippen molar-refractivity contribution in [2.75, 3.05) is 17.4 Å². The lowest BCUT2D eigenvalue weighted by Crippen LogP contribution is -2.34. The molecule has 0 unspecified atom stereocenters. The van der Waals surface area contributed by atoms with E-state index in [1.54, 1.807) is 31.2 Å². The second-order valence-corrected chi connectivity index (χ2v) is 6.01. The zero-order valence-corrected chi connectivity index (χ0v) is 13.8. The highest BCUT2D eigenvalue weighted by molar-refractivity contribution is 6.32. The van der Waals surface area contributed by atoms with E-state index in [1.807, 2.05) is 0 Å². The van der Waals surface area contributed by atoms with Crippen LogP contribution in [0, 0.1) is 0 Å². The van der Waals surface area contributed by atoms with Crippen molar-refractivity contribution in [3.63, 3.8) is 0 Å². The van der Waals surface area contributed by atoms with E-state index in [1.165, 1.54) is 6.07 Å². The number of fused-ring (bicyclic) bond motifs is 2. The Labute approximate surface area is 147 Å². The summed E-state index contributed by atoms with van der Waals surface area (Å²) >= 11 is 6.10. The van der Waals surface area contributed by atoms with Crippen LogP contribution in [-0.4, -0.2) is 24.7 Å². The van der Waals surface area contributed by atoms with Crippen LogP contribution in [0.25, 0.3) is 0 Å². The van der Waals surface area contributed by atoms with E-state index in [9.17, 15) is 9.59 Å². The number of halogens is 1. The second-order valence-electron chi connectivity index (χ2n) is 5.61. The minimum Gasteiger partial charge on any atom is -0.479 e. The van der Waals surface area contributed by atoms with Crippen molar-refractivity contribution < 1.29 is 23.8 Å². The highest BCUT2D eigenvalue weighted by Gasteiger charge is 2.24. The standard InChI is InChI=1S/C17H13ClN2O5/c1-8-16(21)20-12-6-10(2-3-13(12)25-8)19-17(22)9-4-11(18)15-14(5-9)23-7-24-15/h2-6,8H,7H2,1H3,(H,19,22)(H,20,21)/t8-/m0/s1. The molecule has 128 valence electrons. The van der Waals surface area contributed by atoms with E-state index in [-0.39, 0.29) is 18.6 Å². The fraction of sp³-hybridized carbons (Fsp3) is 0.176. The number of amides is 2. The van der Waals surface area contributed by atoms with E-state index >= 15 is 0 Å². The molecule has 0 saturated carbocycles. The van der Waals surface area contributed by atoms with Crippen LogP contribution in [0.4, 0.5) is 11.4 Å². The number of rotatable bonds is 2. The minimum atomic E-state index is -0.552. The van der Waals surface area contributed by atoms with Crippen molar-refractivity contribution in [3.05, 3.63) is 40.9 Å². The Bertz CT molecular complexity index is 899. The van der Waals surface area contributed by atoms with Gasteiger partial charge in [0.05, 0.1) is 10.7 Å². The van der Waals surface area contributed by atoms with E-state index in [0.717, 1.165) is 0 Å². The molecule has 0 radical (unpaired) electrons. The largest absolute Gasteiger partial charge is 0.479 e. The van der Waals surface area contributed by atoms with Gasteiger partial charge in [-0.25, -0.2) is 0 Å². The zero-order valence-electron chi connectivity index (χ0n) is 13.1. The Morgan fingerprint density at radius 3 is 2.92 bits per heavy atom. The third kappa shape index (κ3) is 2.83. The Hall–Kier alpha value is -2.93. The predicted molar refractivity (Wildman–Crippen MR) is 90.7 cm³/mol. The summed E-state index contributed by atoms with van der Waals surface area (Å²) in [6.45, 7) is 1.74. The Kier molecular flexibility index (Phi) is 3.65. The topological polar surface area (TPSA) is 85.9 Å². The molecule has 4 rings (SSSR count). The van der Waals surface area contributed by atoms with E-state index in [2.05, 4.69) is 10.6 Å². The van der Waals surface area contributed by atoms with Crippen molar-refractivity contribution in [1.29, 1.82) is 0 Å². The molecule has 2 aromatic rings. The maximum atomic E-state index is 12.5. The molecule has 2 N–H and O–H groups in total. The molecule has 0 aliphatic carbocycles. The molecule has 2 heterocycles. The van der Waals surface area contributed by atoms with Crippen LogP contribution in [0.5, 0.6) is 17.2 Å². The number of nitrogens with one attached hydrogen (secondary N) is 2. The van der Waals surface area contributed by atoms with Crippen LogP contribution in [0.3, 0.4) is 0 Å². The molecule has 25 heavy (non-hydrogen) atoms. The maximum absolute atomic E-state index is 12.5. The summed E-state index contributed by atoms with van der Waals surface area (Å²) in [6.07, 6.45) is -0.552. The van der Waals surface area contributed by atoms with Crippen LogP contribution in [-0.2, 0) is 4.79 Å². The highest BCUT2D eigenvalue weighted by Crippen LogP contribution is 2.40. The van der Waals surface area contributed by atoms with Gasteiger partial charge in [-0.1, -0.05) is 11.6 Å². The van der Waals surface area contributed by atoms with Crippen LogP contribution >= 0.6 is 11.6 Å². The van der Waals surface area contributed by atoms with Gasteiger partial charge in [-0.3, -0.25) is 9.59 Å². The number of hydrogen-bond donors (Lipinski definition) is 2. The lowest BCUT2D eigenvalue weighted by Gasteiger charge is -2.23. The number of anilines is 2. The first kappa shape index (κ1) is 15.6. The number of benzene rings is 2. The summed E-state index contributed by atoms with van der Waals surface area (Å²) in [4.78, 5) is 24.2. The van der Waals surface area contributed by atoms with E-state index in [4.69, 9.17) is 25.8 Å². The van der Waals surface area contributed by atoms with Crippen molar-refractivity contribution in [2.45, 2.75) is 13.0 Å². The Morgan fingerprint density at radius 1 is 1.24 bits per heavy atom. The lowest BCUT2D eigenvalue weighted by molar-refractivity contribution is -0.122. The van der Waals surface area contributed by atoms with E-state index in [0.29, 0.717) is 39.2 Å². The molecule has 2 aliphatic heterocycles. The fourth-order valence-electron chi connectivity index (χ4n) is 2.59. The molecule has 1 atom stereocenters. The molecule has 2 aromatic carbocycles. The molecule has 2 amide bonds. The van der Waals surface area contributed by atoms with Crippen molar-refractivity contribution in [2.24, 2.45) is 0 Å². The predicted octanol–water partition coefficient (Wildman–Crippen LogP) is 3.04. The van der Waals surface area contributed by atoms with Gasteiger partial charge < -0.3 is 24.8 Å². The quantitative estimate of drug-likeness (QED) is 0.859. The lowest BCUT2D eigenvalue weighted by atomic mass is 10.1. The third-order valence-electron chi connectivity index (χ3n) is 3.86. The minimum absolute atomic E-state index is 0.0725. The van der Waals surface area contributed by atoms with Crippen LogP contribution in [0.2, 0.25) is 5.02 Å². The number of ether oxygens (including phenoxy) is 3. The van der Waals surface area contributed by atoms with Crippen molar-refractivity contribution in [3.8, 4) is 17.2 Å². The van der Waals surface area contributed by atoms with Gasteiger partial charge in [0.2, 0.25) is 6.79 Å². The molecule has 0 aromatic heterocycles. The van der Waals surface area contributed by atoms with E-state index < -0.39 is 6.10 Å². The summed E-state index contributed by atoms with van der Waals surface area (Å²) in [5.74, 6) is 0.810. The molecule has 2 aliphatic rings. The third-order valence-corrected chi connectivity index (χ3v) is 4.14. The summed E-state index contributed by atoms with van der Waals surface area (Å²) in [5, 5.41) is 5.79. The van der Waals surface area contributed by atoms with Gasteiger partial charge in [0.25, 0.3) is 11.8 Å². The first-order valence-electron chi connectivity index (χ1n) is 7.53. The average Bonchev–Trinajstić information content (AvgIpc) is 3.05. The number of hydrogen-bond acceptors (Lipinski definition) is 5. The molecular formula is C17H13ClN2O5. The van der Waals surface area contributed by atoms with Crippen molar-refractivity contribution in [1.82, 2.24) is 0 Å². The summed E-state index contributed by atoms with van der Waals surface area (Å²) < 4.78 is 16.0. The summed E-state index contributed by atoms with van der Waals surface area (Å²) in [7, 11) is 0. The fourth-order valence-corrected chi connectivity index (χ4v) is 2.85. The molecule has 0 fully saturated rings. The summed E-state index contributed by atoms with van der Waals surface area (Å²) in [5.41, 5.74) is 1.35. The van der Waals surface area contributed by atoms with Crippen LogP contribution in [0.15, 0.2) is 30.3 Å². The second kappa shape index (κ2) is 5.86. The highest BCUT2D eigenvalue weighted by atomic mass is 35.5. The number of carbonyl (C=O) groups excluding carboxylic acids is 2. The Morgan fingerprint density at radius 2 is 2.08 bits per heavy atom. The molecule has 0 spiro atoms. The van der Waals surface area contributed by atoms with Gasteiger partial charge in [0, 0.05) is 11.3 Å². The average molecular weight is 361 g/mol. The maximum Gasteiger partial charge on any atom is 0.265 e. The molecule has 0 saturated heterocycles.